The second-order valence-corrected chi connectivity index (χ2v) is 8.91. The lowest BCUT2D eigenvalue weighted by Gasteiger charge is -2.39. The SMILES string of the molecule is C[C@@H](c1c[nH]c2ccccc12)[C@@H](NC(=O)N1CCC2(C=Cc3ccccc32)CC1)C(=O)O. The Kier molecular flexibility index (Phi) is 5.00. The molecule has 2 aromatic carbocycles. The average Bonchev–Trinajstić information content (AvgIpc) is 3.40. The third-order valence-corrected chi connectivity index (χ3v) is 7.18. The highest BCUT2D eigenvalue weighted by Crippen LogP contribution is 2.43. The molecule has 3 N–H and O–H groups in total. The van der Waals surface area contributed by atoms with E-state index in [1.54, 1.807) is 4.90 Å². The van der Waals surface area contributed by atoms with Crippen molar-refractivity contribution in [3.05, 3.63) is 77.5 Å². The Labute approximate surface area is 186 Å². The third kappa shape index (κ3) is 3.36. The molecule has 32 heavy (non-hydrogen) atoms. The maximum Gasteiger partial charge on any atom is 0.326 e. The van der Waals surface area contributed by atoms with Gasteiger partial charge in [0, 0.05) is 41.5 Å². The van der Waals surface area contributed by atoms with E-state index in [-0.39, 0.29) is 17.4 Å². The maximum absolute atomic E-state index is 13.0. The molecule has 0 saturated carbocycles. The van der Waals surface area contributed by atoms with E-state index in [4.69, 9.17) is 0 Å². The summed E-state index contributed by atoms with van der Waals surface area (Å²) in [5.74, 6) is -1.41. The van der Waals surface area contributed by atoms with E-state index < -0.39 is 12.0 Å². The number of hydrogen-bond donors (Lipinski definition) is 3. The van der Waals surface area contributed by atoms with Crippen LogP contribution in [-0.4, -0.2) is 46.1 Å². The van der Waals surface area contributed by atoms with Crippen molar-refractivity contribution in [2.24, 2.45) is 0 Å². The van der Waals surface area contributed by atoms with Crippen LogP contribution in [0.25, 0.3) is 17.0 Å². The second kappa shape index (κ2) is 7.86. The van der Waals surface area contributed by atoms with Gasteiger partial charge in [0.15, 0.2) is 0 Å². The number of nitrogens with one attached hydrogen (secondary N) is 2. The number of piperidine rings is 1. The molecule has 0 radical (unpaired) electrons. The smallest absolute Gasteiger partial charge is 0.326 e. The predicted octanol–water partition coefficient (Wildman–Crippen LogP) is 4.49. The van der Waals surface area contributed by atoms with Crippen molar-refractivity contribution in [2.75, 3.05) is 13.1 Å². The van der Waals surface area contributed by atoms with Gasteiger partial charge in [-0.05, 0) is 35.6 Å². The van der Waals surface area contributed by atoms with Gasteiger partial charge in [-0.15, -0.1) is 0 Å². The Hall–Kier alpha value is -3.54. The number of nitrogens with zero attached hydrogens (tertiary/aromatic N) is 1. The number of amides is 2. The average molecular weight is 430 g/mol. The molecule has 0 unspecified atom stereocenters. The number of rotatable bonds is 4. The summed E-state index contributed by atoms with van der Waals surface area (Å²) in [4.78, 5) is 30.0. The van der Waals surface area contributed by atoms with E-state index in [0.29, 0.717) is 13.1 Å². The number of carbonyl (C=O) groups is 2. The first-order valence-corrected chi connectivity index (χ1v) is 11.1. The quantitative estimate of drug-likeness (QED) is 0.571. The van der Waals surface area contributed by atoms with Gasteiger partial charge in [-0.3, -0.25) is 0 Å². The molecule has 1 saturated heterocycles. The van der Waals surface area contributed by atoms with Crippen LogP contribution in [0.2, 0.25) is 0 Å². The fourth-order valence-electron chi connectivity index (χ4n) is 5.25. The summed E-state index contributed by atoms with van der Waals surface area (Å²) in [6.07, 6.45) is 7.96. The highest BCUT2D eigenvalue weighted by Gasteiger charge is 2.39. The molecule has 1 aliphatic heterocycles. The topological polar surface area (TPSA) is 85.4 Å². The van der Waals surface area contributed by atoms with Gasteiger partial charge in [0.1, 0.15) is 6.04 Å². The van der Waals surface area contributed by atoms with Crippen molar-refractivity contribution >= 4 is 29.0 Å². The maximum atomic E-state index is 13.0. The molecule has 1 spiro atoms. The third-order valence-electron chi connectivity index (χ3n) is 7.18. The van der Waals surface area contributed by atoms with Crippen LogP contribution in [-0.2, 0) is 10.2 Å². The number of aliphatic carboxylic acids is 1. The Morgan fingerprint density at radius 1 is 1.09 bits per heavy atom. The number of hydrogen-bond acceptors (Lipinski definition) is 2. The monoisotopic (exact) mass is 429 g/mol. The van der Waals surface area contributed by atoms with Crippen LogP contribution in [0.4, 0.5) is 4.79 Å². The van der Waals surface area contributed by atoms with E-state index in [9.17, 15) is 14.7 Å². The zero-order chi connectivity index (χ0) is 22.3. The Morgan fingerprint density at radius 2 is 1.81 bits per heavy atom. The number of carbonyl (C=O) groups excluding carboxylic acids is 1. The largest absolute Gasteiger partial charge is 0.480 e. The highest BCUT2D eigenvalue weighted by atomic mass is 16.4. The molecular formula is C26H27N3O3. The van der Waals surface area contributed by atoms with Gasteiger partial charge < -0.3 is 20.3 Å². The standard InChI is InChI=1S/C26H27N3O3/c1-17(20-16-27-22-9-5-3-7-19(20)22)23(24(30)31)28-25(32)29-14-12-26(13-15-29)11-10-18-6-2-4-8-21(18)26/h2-11,16-17,23,27H,12-15H2,1H3,(H,28,32)(H,30,31)/t17-,23+/m0/s1. The first-order chi connectivity index (χ1) is 15.5. The van der Waals surface area contributed by atoms with E-state index >= 15 is 0 Å². The summed E-state index contributed by atoms with van der Waals surface area (Å²) in [5.41, 5.74) is 4.41. The van der Waals surface area contributed by atoms with Gasteiger partial charge >= 0.3 is 12.0 Å². The van der Waals surface area contributed by atoms with Crippen molar-refractivity contribution in [1.29, 1.82) is 0 Å². The Morgan fingerprint density at radius 3 is 2.59 bits per heavy atom. The summed E-state index contributed by atoms with van der Waals surface area (Å²) in [6.45, 7) is 3.04. The van der Waals surface area contributed by atoms with Gasteiger partial charge in [-0.1, -0.05) is 61.5 Å². The van der Waals surface area contributed by atoms with Crippen LogP contribution >= 0.6 is 0 Å². The summed E-state index contributed by atoms with van der Waals surface area (Å²) in [7, 11) is 0. The molecule has 164 valence electrons. The van der Waals surface area contributed by atoms with E-state index in [0.717, 1.165) is 29.3 Å². The number of para-hydroxylation sites is 1. The minimum Gasteiger partial charge on any atom is -0.480 e. The van der Waals surface area contributed by atoms with Gasteiger partial charge in [0.05, 0.1) is 0 Å². The lowest BCUT2D eigenvalue weighted by molar-refractivity contribution is -0.139. The van der Waals surface area contributed by atoms with Gasteiger partial charge in [-0.25, -0.2) is 9.59 Å². The normalized spacial score (nSPS) is 18.5. The number of carboxylic acids is 1. The number of fused-ring (bicyclic) bond motifs is 3. The van der Waals surface area contributed by atoms with Crippen molar-refractivity contribution in [1.82, 2.24) is 15.2 Å². The number of aromatic amines is 1. The Balaban J connectivity index is 1.29. The van der Waals surface area contributed by atoms with Gasteiger partial charge in [0.25, 0.3) is 0 Å². The molecule has 1 aromatic heterocycles. The second-order valence-electron chi connectivity index (χ2n) is 8.91. The first kappa shape index (κ1) is 20.4. The lowest BCUT2D eigenvalue weighted by atomic mass is 9.74. The fraction of sp³-hybridized carbons (Fsp3) is 0.308. The first-order valence-electron chi connectivity index (χ1n) is 11.1. The molecule has 5 rings (SSSR count). The summed E-state index contributed by atoms with van der Waals surface area (Å²) >= 11 is 0. The molecule has 2 amide bonds. The van der Waals surface area contributed by atoms with Crippen molar-refractivity contribution in [2.45, 2.75) is 37.1 Å². The number of allylic oxidation sites excluding steroid dienone is 1. The molecule has 2 heterocycles. The van der Waals surface area contributed by atoms with E-state index in [1.165, 1.54) is 11.1 Å². The van der Waals surface area contributed by atoms with Crippen LogP contribution in [0.5, 0.6) is 0 Å². The molecule has 0 bridgehead atoms. The molecular weight excluding hydrogens is 402 g/mol. The number of H-pyrrole nitrogens is 1. The van der Waals surface area contributed by atoms with Crippen LogP contribution in [0.15, 0.2) is 60.8 Å². The number of likely N-dealkylation sites (tertiary alicyclic amines) is 1. The number of carboxylic acid groups (broad SMARTS) is 1. The van der Waals surface area contributed by atoms with Crippen molar-refractivity contribution < 1.29 is 14.7 Å². The van der Waals surface area contributed by atoms with Crippen LogP contribution < -0.4 is 5.32 Å². The summed E-state index contributed by atoms with van der Waals surface area (Å²) < 4.78 is 0. The minimum absolute atomic E-state index is 0.0170. The van der Waals surface area contributed by atoms with E-state index in [2.05, 4.69) is 40.7 Å². The molecule has 1 fully saturated rings. The van der Waals surface area contributed by atoms with Gasteiger partial charge in [-0.2, -0.15) is 0 Å². The summed E-state index contributed by atoms with van der Waals surface area (Å²) in [6, 6.07) is 14.9. The number of benzene rings is 2. The summed E-state index contributed by atoms with van der Waals surface area (Å²) in [5, 5.41) is 13.7. The molecule has 6 nitrogen and oxygen atoms in total. The zero-order valence-electron chi connectivity index (χ0n) is 18.0. The minimum atomic E-state index is -1.03. The molecule has 3 aromatic rings. The fourth-order valence-corrected chi connectivity index (χ4v) is 5.25. The van der Waals surface area contributed by atoms with Crippen molar-refractivity contribution in [3.63, 3.8) is 0 Å². The predicted molar refractivity (Wildman–Crippen MR) is 125 cm³/mol. The van der Waals surface area contributed by atoms with Crippen LogP contribution in [0.3, 0.4) is 0 Å². The molecule has 2 aliphatic rings. The molecule has 1 aliphatic carbocycles. The lowest BCUT2D eigenvalue weighted by Crippen LogP contribution is -2.53. The zero-order valence-corrected chi connectivity index (χ0v) is 18.0. The number of aromatic nitrogens is 1. The van der Waals surface area contributed by atoms with Crippen LogP contribution in [0, 0.1) is 0 Å². The number of urea groups is 1. The Bertz CT molecular complexity index is 1200. The molecule has 2 atom stereocenters. The van der Waals surface area contributed by atoms with Crippen LogP contribution in [0.1, 0.15) is 42.4 Å². The van der Waals surface area contributed by atoms with E-state index in [1.807, 2.05) is 43.5 Å². The van der Waals surface area contributed by atoms with Gasteiger partial charge in [0.2, 0.25) is 0 Å². The molecule has 6 heteroatoms. The van der Waals surface area contributed by atoms with Crippen molar-refractivity contribution in [3.8, 4) is 0 Å². The highest BCUT2D eigenvalue weighted by molar-refractivity contribution is 5.87.